The van der Waals surface area contributed by atoms with Gasteiger partial charge in [0.1, 0.15) is 0 Å². The minimum atomic E-state index is 0.628. The van der Waals surface area contributed by atoms with Gasteiger partial charge in [-0.2, -0.15) is 0 Å². The smallest absolute Gasteiger partial charge is 0.151 e. The molecule has 1 aliphatic rings. The lowest BCUT2D eigenvalue weighted by Gasteiger charge is -2.09. The second-order valence-electron chi connectivity index (χ2n) is 3.73. The Balaban J connectivity index is 2.44. The van der Waals surface area contributed by atoms with Gasteiger partial charge in [-0.3, -0.25) is 9.79 Å². The van der Waals surface area contributed by atoms with Crippen LogP contribution in [0, 0.1) is 5.92 Å². The third-order valence-electron chi connectivity index (χ3n) is 2.37. The molecule has 1 rings (SSSR count). The fraction of sp³-hybridized carbons (Fsp3) is 0.385. The standard InChI is InChI=1S/C13H17NO/c1-3-12(10-15)8-14-9-13-6-4-11(2)5-7-13/h3-4,6-8,10-11H,5,9H2,1-2H3/b12-3+,14-8?. The molecule has 0 fully saturated rings. The van der Waals surface area contributed by atoms with Crippen LogP contribution in [-0.2, 0) is 4.79 Å². The largest absolute Gasteiger partial charge is 0.298 e. The Labute approximate surface area is 91.1 Å². The van der Waals surface area contributed by atoms with Crippen molar-refractivity contribution in [3.8, 4) is 0 Å². The van der Waals surface area contributed by atoms with Gasteiger partial charge < -0.3 is 0 Å². The Hall–Kier alpha value is -1.44. The van der Waals surface area contributed by atoms with Crippen LogP contribution in [0.15, 0.2) is 40.4 Å². The molecule has 0 heterocycles. The predicted molar refractivity (Wildman–Crippen MR) is 64.2 cm³/mol. The van der Waals surface area contributed by atoms with E-state index in [0.29, 0.717) is 18.0 Å². The minimum absolute atomic E-state index is 0.628. The zero-order valence-corrected chi connectivity index (χ0v) is 9.31. The van der Waals surface area contributed by atoms with Crippen molar-refractivity contribution < 1.29 is 4.79 Å². The normalized spacial score (nSPS) is 21.9. The van der Waals surface area contributed by atoms with E-state index in [4.69, 9.17) is 0 Å². The molecule has 80 valence electrons. The average Bonchev–Trinajstić information content (AvgIpc) is 2.27. The van der Waals surface area contributed by atoms with E-state index in [-0.39, 0.29) is 0 Å². The molecular weight excluding hydrogens is 186 g/mol. The van der Waals surface area contributed by atoms with Crippen LogP contribution in [-0.4, -0.2) is 19.0 Å². The molecule has 15 heavy (non-hydrogen) atoms. The lowest BCUT2D eigenvalue weighted by Crippen LogP contribution is -1.97. The highest BCUT2D eigenvalue weighted by Gasteiger charge is 2.01. The molecular formula is C13H17NO. The number of rotatable bonds is 4. The second kappa shape index (κ2) is 6.12. The van der Waals surface area contributed by atoms with Crippen LogP contribution in [0.25, 0.3) is 0 Å². The van der Waals surface area contributed by atoms with Crippen molar-refractivity contribution in [1.29, 1.82) is 0 Å². The quantitative estimate of drug-likeness (QED) is 0.392. The number of hydrogen-bond donors (Lipinski definition) is 0. The molecule has 1 aliphatic carbocycles. The number of carbonyl (C=O) groups is 1. The molecule has 0 aromatic heterocycles. The molecule has 1 atom stereocenters. The molecule has 0 aromatic rings. The molecule has 2 heteroatoms. The van der Waals surface area contributed by atoms with Crippen LogP contribution in [0.5, 0.6) is 0 Å². The molecule has 0 spiro atoms. The van der Waals surface area contributed by atoms with Crippen molar-refractivity contribution in [2.24, 2.45) is 10.9 Å². The molecule has 0 aromatic carbocycles. The Bertz CT molecular complexity index is 334. The molecule has 0 bridgehead atoms. The van der Waals surface area contributed by atoms with Gasteiger partial charge in [0.2, 0.25) is 0 Å². The summed E-state index contributed by atoms with van der Waals surface area (Å²) in [7, 11) is 0. The van der Waals surface area contributed by atoms with Gasteiger partial charge in [0, 0.05) is 11.8 Å². The first-order valence-corrected chi connectivity index (χ1v) is 5.24. The number of allylic oxidation sites excluding steroid dienone is 4. The highest BCUT2D eigenvalue weighted by atomic mass is 16.1. The molecule has 0 saturated heterocycles. The van der Waals surface area contributed by atoms with Crippen LogP contribution in [0.1, 0.15) is 20.3 Å². The van der Waals surface area contributed by atoms with E-state index in [9.17, 15) is 4.79 Å². The Morgan fingerprint density at radius 1 is 1.67 bits per heavy atom. The summed E-state index contributed by atoms with van der Waals surface area (Å²) >= 11 is 0. The molecule has 0 aliphatic heterocycles. The van der Waals surface area contributed by atoms with E-state index in [1.165, 1.54) is 5.57 Å². The minimum Gasteiger partial charge on any atom is -0.298 e. The van der Waals surface area contributed by atoms with E-state index in [2.05, 4.69) is 30.1 Å². The Kier molecular flexibility index (Phi) is 4.75. The van der Waals surface area contributed by atoms with E-state index in [1.807, 2.05) is 6.92 Å². The number of hydrogen-bond acceptors (Lipinski definition) is 2. The average molecular weight is 203 g/mol. The Morgan fingerprint density at radius 3 is 3.00 bits per heavy atom. The first-order valence-electron chi connectivity index (χ1n) is 5.24. The monoisotopic (exact) mass is 203 g/mol. The maximum Gasteiger partial charge on any atom is 0.151 e. The summed E-state index contributed by atoms with van der Waals surface area (Å²) in [5.74, 6) is 0.638. The van der Waals surface area contributed by atoms with Crippen LogP contribution >= 0.6 is 0 Å². The first-order chi connectivity index (χ1) is 7.26. The predicted octanol–water partition coefficient (Wildman–Crippen LogP) is 2.72. The summed E-state index contributed by atoms with van der Waals surface area (Å²) < 4.78 is 0. The van der Waals surface area contributed by atoms with Crippen LogP contribution < -0.4 is 0 Å². The first kappa shape index (κ1) is 11.6. The number of carbonyl (C=O) groups excluding carboxylic acids is 1. The van der Waals surface area contributed by atoms with Crippen molar-refractivity contribution in [2.45, 2.75) is 20.3 Å². The van der Waals surface area contributed by atoms with Crippen molar-refractivity contribution in [2.75, 3.05) is 6.54 Å². The fourth-order valence-corrected chi connectivity index (χ4v) is 1.32. The topological polar surface area (TPSA) is 29.4 Å². The van der Waals surface area contributed by atoms with Gasteiger partial charge in [-0.05, 0) is 24.8 Å². The zero-order valence-electron chi connectivity index (χ0n) is 9.31. The van der Waals surface area contributed by atoms with Crippen LogP contribution in [0.4, 0.5) is 0 Å². The van der Waals surface area contributed by atoms with E-state index in [1.54, 1.807) is 12.3 Å². The third kappa shape index (κ3) is 4.07. The van der Waals surface area contributed by atoms with Crippen molar-refractivity contribution in [1.82, 2.24) is 0 Å². The van der Waals surface area contributed by atoms with E-state index in [0.717, 1.165) is 12.7 Å². The Morgan fingerprint density at radius 2 is 2.47 bits per heavy atom. The van der Waals surface area contributed by atoms with Crippen molar-refractivity contribution in [3.63, 3.8) is 0 Å². The highest BCUT2D eigenvalue weighted by molar-refractivity contribution is 6.01. The second-order valence-corrected chi connectivity index (χ2v) is 3.73. The molecule has 2 nitrogen and oxygen atoms in total. The summed E-state index contributed by atoms with van der Waals surface area (Å²) in [5.41, 5.74) is 1.86. The molecule has 0 radical (unpaired) electrons. The van der Waals surface area contributed by atoms with Gasteiger partial charge in [0.05, 0.1) is 6.54 Å². The van der Waals surface area contributed by atoms with E-state index < -0.39 is 0 Å². The maximum absolute atomic E-state index is 10.5. The van der Waals surface area contributed by atoms with Crippen molar-refractivity contribution >= 4 is 12.5 Å². The van der Waals surface area contributed by atoms with E-state index >= 15 is 0 Å². The zero-order chi connectivity index (χ0) is 11.1. The SMILES string of the molecule is C/C=C(/C=O)C=NCC1=CCC(C)C=C1. The van der Waals surface area contributed by atoms with Gasteiger partial charge >= 0.3 is 0 Å². The third-order valence-corrected chi connectivity index (χ3v) is 2.37. The maximum atomic E-state index is 10.5. The lowest BCUT2D eigenvalue weighted by molar-refractivity contribution is -0.104. The number of aliphatic imine (C=N–C) groups is 1. The summed E-state index contributed by atoms with van der Waals surface area (Å²) in [6.45, 7) is 4.68. The summed E-state index contributed by atoms with van der Waals surface area (Å²) in [6, 6.07) is 0. The number of aldehydes is 1. The number of nitrogens with zero attached hydrogens (tertiary/aromatic N) is 1. The fourth-order valence-electron chi connectivity index (χ4n) is 1.32. The summed E-state index contributed by atoms with van der Waals surface area (Å²) in [5, 5.41) is 0. The summed E-state index contributed by atoms with van der Waals surface area (Å²) in [4.78, 5) is 14.7. The van der Waals surface area contributed by atoms with Crippen LogP contribution in [0.2, 0.25) is 0 Å². The van der Waals surface area contributed by atoms with Crippen molar-refractivity contribution in [3.05, 3.63) is 35.5 Å². The molecule has 0 amide bonds. The summed E-state index contributed by atoms with van der Waals surface area (Å²) in [6.07, 6.45) is 11.8. The highest BCUT2D eigenvalue weighted by Crippen LogP contribution is 2.15. The van der Waals surface area contributed by atoms with Gasteiger partial charge in [0.15, 0.2) is 6.29 Å². The van der Waals surface area contributed by atoms with Gasteiger partial charge in [-0.15, -0.1) is 0 Å². The van der Waals surface area contributed by atoms with Gasteiger partial charge in [-0.25, -0.2) is 0 Å². The molecule has 0 saturated carbocycles. The van der Waals surface area contributed by atoms with Gasteiger partial charge in [0.25, 0.3) is 0 Å². The molecule has 0 N–H and O–H groups in total. The van der Waals surface area contributed by atoms with Crippen LogP contribution in [0.3, 0.4) is 0 Å². The van der Waals surface area contributed by atoms with Gasteiger partial charge in [-0.1, -0.05) is 31.2 Å². The molecule has 1 unspecified atom stereocenters. The lowest BCUT2D eigenvalue weighted by atomic mass is 9.99.